The molecule has 3 aromatic rings. The molecular formula is C38H45NO3. The van der Waals surface area contributed by atoms with Crippen molar-refractivity contribution < 1.29 is 14.3 Å². The molecule has 0 saturated carbocycles. The quantitative estimate of drug-likeness (QED) is 0.223. The molecule has 4 heteroatoms. The SMILES string of the molecule is C\C=C/C(=C\C=C\CC)c1c(OC)cc(NC(=O)c2ccc(Cc3ccc(C)c(/C(C)=C(/C)CC)c3)cc2)cc1OC. The lowest BCUT2D eigenvalue weighted by atomic mass is 9.93. The third kappa shape index (κ3) is 8.13. The summed E-state index contributed by atoms with van der Waals surface area (Å²) in [5.74, 6) is 1.04. The van der Waals surface area contributed by atoms with Crippen LogP contribution in [0.15, 0.2) is 90.6 Å². The Morgan fingerprint density at radius 1 is 0.905 bits per heavy atom. The number of aryl methyl sites for hydroxylation is 1. The fourth-order valence-electron chi connectivity index (χ4n) is 4.87. The highest BCUT2D eigenvalue weighted by Crippen LogP contribution is 2.39. The molecule has 4 nitrogen and oxygen atoms in total. The molecule has 0 radical (unpaired) electrons. The van der Waals surface area contributed by atoms with Gasteiger partial charge in [-0.25, -0.2) is 0 Å². The number of anilines is 1. The molecule has 0 aliphatic carbocycles. The summed E-state index contributed by atoms with van der Waals surface area (Å²) in [5.41, 5.74) is 10.8. The second-order valence-corrected chi connectivity index (χ2v) is 10.5. The number of hydrogen-bond donors (Lipinski definition) is 1. The van der Waals surface area contributed by atoms with Crippen LogP contribution in [0.5, 0.6) is 11.5 Å². The van der Waals surface area contributed by atoms with Crippen LogP contribution in [0.3, 0.4) is 0 Å². The first-order valence-corrected chi connectivity index (χ1v) is 14.7. The van der Waals surface area contributed by atoms with Gasteiger partial charge < -0.3 is 14.8 Å². The Hall–Kier alpha value is -4.31. The highest BCUT2D eigenvalue weighted by atomic mass is 16.5. The van der Waals surface area contributed by atoms with Crippen molar-refractivity contribution in [3.63, 3.8) is 0 Å². The molecule has 1 N–H and O–H groups in total. The van der Waals surface area contributed by atoms with Crippen LogP contribution in [0.1, 0.15) is 85.6 Å². The number of allylic oxidation sites excluding steroid dienone is 8. The first kappa shape index (κ1) is 32.2. The van der Waals surface area contributed by atoms with E-state index in [2.05, 4.69) is 64.2 Å². The van der Waals surface area contributed by atoms with E-state index in [-0.39, 0.29) is 5.91 Å². The summed E-state index contributed by atoms with van der Waals surface area (Å²) in [6, 6.07) is 18.2. The number of hydrogen-bond acceptors (Lipinski definition) is 3. The molecule has 0 atom stereocenters. The zero-order valence-corrected chi connectivity index (χ0v) is 26.4. The van der Waals surface area contributed by atoms with Gasteiger partial charge in [0, 0.05) is 23.4 Å². The van der Waals surface area contributed by atoms with Gasteiger partial charge in [0.05, 0.1) is 19.8 Å². The minimum Gasteiger partial charge on any atom is -0.496 e. The number of amides is 1. The van der Waals surface area contributed by atoms with E-state index in [4.69, 9.17) is 9.47 Å². The molecule has 3 rings (SSSR count). The highest BCUT2D eigenvalue weighted by molar-refractivity contribution is 6.04. The Kier molecular flexibility index (Phi) is 12.0. The van der Waals surface area contributed by atoms with Gasteiger partial charge >= 0.3 is 0 Å². The number of nitrogens with one attached hydrogen (secondary N) is 1. The average molecular weight is 564 g/mol. The third-order valence-corrected chi connectivity index (χ3v) is 7.55. The van der Waals surface area contributed by atoms with Crippen LogP contribution in [0.4, 0.5) is 5.69 Å². The highest BCUT2D eigenvalue weighted by Gasteiger charge is 2.17. The van der Waals surface area contributed by atoms with Crippen LogP contribution in [-0.2, 0) is 6.42 Å². The van der Waals surface area contributed by atoms with Gasteiger partial charge in [-0.2, -0.15) is 0 Å². The van der Waals surface area contributed by atoms with E-state index >= 15 is 0 Å². The molecule has 0 bridgehead atoms. The largest absolute Gasteiger partial charge is 0.496 e. The fourth-order valence-corrected chi connectivity index (χ4v) is 4.87. The van der Waals surface area contributed by atoms with Crippen molar-refractivity contribution in [1.82, 2.24) is 0 Å². The average Bonchev–Trinajstić information content (AvgIpc) is 3.00. The number of rotatable bonds is 12. The molecule has 3 aromatic carbocycles. The van der Waals surface area contributed by atoms with Crippen LogP contribution in [0.2, 0.25) is 0 Å². The van der Waals surface area contributed by atoms with Gasteiger partial charge in [-0.05, 0) is 92.5 Å². The Morgan fingerprint density at radius 3 is 2.12 bits per heavy atom. The number of ether oxygens (including phenoxy) is 2. The lowest BCUT2D eigenvalue weighted by Crippen LogP contribution is -2.12. The normalized spacial score (nSPS) is 12.5. The molecule has 0 unspecified atom stereocenters. The third-order valence-electron chi connectivity index (χ3n) is 7.55. The van der Waals surface area contributed by atoms with Crippen molar-refractivity contribution in [2.75, 3.05) is 19.5 Å². The fraction of sp³-hybridized carbons (Fsp3) is 0.289. The van der Waals surface area contributed by atoms with Gasteiger partial charge in [0.2, 0.25) is 0 Å². The maximum atomic E-state index is 13.2. The second-order valence-electron chi connectivity index (χ2n) is 10.5. The second kappa shape index (κ2) is 15.6. The van der Waals surface area contributed by atoms with Gasteiger partial charge in [-0.15, -0.1) is 0 Å². The predicted octanol–water partition coefficient (Wildman–Crippen LogP) is 9.98. The van der Waals surface area contributed by atoms with Gasteiger partial charge in [0.1, 0.15) is 11.5 Å². The smallest absolute Gasteiger partial charge is 0.255 e. The first-order chi connectivity index (χ1) is 20.3. The summed E-state index contributed by atoms with van der Waals surface area (Å²) < 4.78 is 11.5. The van der Waals surface area contributed by atoms with Crippen molar-refractivity contribution in [1.29, 1.82) is 0 Å². The molecular weight excluding hydrogens is 518 g/mol. The predicted molar refractivity (Wildman–Crippen MR) is 179 cm³/mol. The maximum Gasteiger partial charge on any atom is 0.255 e. The van der Waals surface area contributed by atoms with Crippen LogP contribution in [0.25, 0.3) is 11.1 Å². The molecule has 0 aromatic heterocycles. The van der Waals surface area contributed by atoms with E-state index in [0.29, 0.717) is 22.7 Å². The Bertz CT molecular complexity index is 1480. The van der Waals surface area contributed by atoms with Crippen LogP contribution in [0, 0.1) is 6.92 Å². The zero-order chi connectivity index (χ0) is 30.6. The zero-order valence-electron chi connectivity index (χ0n) is 26.4. The summed E-state index contributed by atoms with van der Waals surface area (Å²) >= 11 is 0. The molecule has 0 spiro atoms. The summed E-state index contributed by atoms with van der Waals surface area (Å²) in [7, 11) is 3.24. The van der Waals surface area contributed by atoms with Gasteiger partial charge in [0.15, 0.2) is 0 Å². The van der Waals surface area contributed by atoms with Crippen molar-refractivity contribution in [2.24, 2.45) is 0 Å². The monoisotopic (exact) mass is 563 g/mol. The van der Waals surface area contributed by atoms with Crippen LogP contribution in [-0.4, -0.2) is 20.1 Å². The van der Waals surface area contributed by atoms with Gasteiger partial charge in [0.25, 0.3) is 5.91 Å². The van der Waals surface area contributed by atoms with E-state index in [9.17, 15) is 4.79 Å². The van der Waals surface area contributed by atoms with Crippen LogP contribution >= 0.6 is 0 Å². The van der Waals surface area contributed by atoms with E-state index in [1.807, 2.05) is 67.6 Å². The van der Waals surface area contributed by atoms with Gasteiger partial charge in [-0.1, -0.05) is 80.1 Å². The Balaban J connectivity index is 1.82. The van der Waals surface area contributed by atoms with E-state index in [1.54, 1.807) is 14.2 Å². The van der Waals surface area contributed by atoms with Crippen molar-refractivity contribution >= 4 is 22.7 Å². The van der Waals surface area contributed by atoms with Crippen molar-refractivity contribution in [2.45, 2.75) is 60.8 Å². The minimum atomic E-state index is -0.193. The number of methoxy groups -OCH3 is 2. The lowest BCUT2D eigenvalue weighted by molar-refractivity contribution is 0.102. The maximum absolute atomic E-state index is 13.2. The topological polar surface area (TPSA) is 47.6 Å². The lowest BCUT2D eigenvalue weighted by Gasteiger charge is -2.17. The molecule has 220 valence electrons. The molecule has 0 saturated heterocycles. The van der Waals surface area contributed by atoms with Crippen molar-refractivity contribution in [3.05, 3.63) is 124 Å². The van der Waals surface area contributed by atoms with E-state index in [1.165, 1.54) is 27.8 Å². The Morgan fingerprint density at radius 2 is 1.55 bits per heavy atom. The van der Waals surface area contributed by atoms with Gasteiger partial charge in [-0.3, -0.25) is 4.79 Å². The van der Waals surface area contributed by atoms with Crippen molar-refractivity contribution in [3.8, 4) is 11.5 Å². The summed E-state index contributed by atoms with van der Waals surface area (Å²) in [5, 5.41) is 3.01. The number of carbonyl (C=O) groups is 1. The Labute approximate surface area is 252 Å². The molecule has 42 heavy (non-hydrogen) atoms. The molecule has 0 aliphatic heterocycles. The number of benzene rings is 3. The first-order valence-electron chi connectivity index (χ1n) is 14.7. The van der Waals surface area contributed by atoms with E-state index < -0.39 is 0 Å². The molecule has 0 aliphatic rings. The summed E-state index contributed by atoms with van der Waals surface area (Å²) in [6.07, 6.45) is 12.9. The van der Waals surface area contributed by atoms with E-state index in [0.717, 1.165) is 36.0 Å². The minimum absolute atomic E-state index is 0.193. The van der Waals surface area contributed by atoms with Crippen LogP contribution < -0.4 is 14.8 Å². The molecule has 1 amide bonds. The summed E-state index contributed by atoms with van der Waals surface area (Å²) in [6.45, 7) is 12.8. The number of carbonyl (C=O) groups excluding carboxylic acids is 1. The molecule has 0 heterocycles. The molecule has 0 fully saturated rings. The standard InChI is InChI=1S/C38H45NO3/c1-9-12-13-15-31(14-10-2)37-35(41-7)24-33(25-36(37)42-8)39-38(40)32-20-18-29(19-21-32)22-30-17-16-27(5)34(23-30)28(6)26(4)11-3/h10,12-21,23-25H,9,11,22H2,1-8H3,(H,39,40)/b13-12+,14-10-,28-26-,31-15+. The summed E-state index contributed by atoms with van der Waals surface area (Å²) in [4.78, 5) is 13.2.